The van der Waals surface area contributed by atoms with Gasteiger partial charge in [0.2, 0.25) is 5.78 Å². The molecule has 0 amide bonds. The molecule has 4 nitrogen and oxygen atoms in total. The van der Waals surface area contributed by atoms with E-state index in [1.807, 2.05) is 37.3 Å². The molecule has 5 rings (SSSR count). The van der Waals surface area contributed by atoms with Gasteiger partial charge in [-0.15, -0.1) is 0 Å². The summed E-state index contributed by atoms with van der Waals surface area (Å²) in [6.45, 7) is 3.62. The summed E-state index contributed by atoms with van der Waals surface area (Å²) in [6, 6.07) is 17.9. The SMILES string of the molecule is Cc1ccccc1/C=C1\Oc2c(ccc3c2CN(Cc2ccc(F)cc2)CO3)C1=O. The predicted molar refractivity (Wildman–Crippen MR) is 112 cm³/mol. The van der Waals surface area contributed by atoms with Gasteiger partial charge in [0.25, 0.3) is 0 Å². The Morgan fingerprint density at radius 2 is 1.87 bits per heavy atom. The molecule has 0 fully saturated rings. The molecule has 0 radical (unpaired) electrons. The molecule has 5 heteroatoms. The van der Waals surface area contributed by atoms with E-state index in [0.717, 1.165) is 28.0 Å². The molecule has 0 unspecified atom stereocenters. The minimum Gasteiger partial charge on any atom is -0.478 e. The zero-order chi connectivity index (χ0) is 20.7. The number of rotatable bonds is 3. The van der Waals surface area contributed by atoms with Gasteiger partial charge in [-0.3, -0.25) is 9.69 Å². The third-order valence-corrected chi connectivity index (χ3v) is 5.48. The number of aryl methyl sites for hydroxylation is 1. The zero-order valence-electron chi connectivity index (χ0n) is 16.5. The van der Waals surface area contributed by atoms with Crippen LogP contribution in [0.25, 0.3) is 6.08 Å². The Kier molecular flexibility index (Phi) is 4.60. The molecule has 2 aliphatic heterocycles. The van der Waals surface area contributed by atoms with Crippen LogP contribution in [0, 0.1) is 12.7 Å². The number of allylic oxidation sites excluding steroid dienone is 1. The molecule has 0 N–H and O–H groups in total. The fourth-order valence-corrected chi connectivity index (χ4v) is 3.84. The molecule has 0 spiro atoms. The summed E-state index contributed by atoms with van der Waals surface area (Å²) in [4.78, 5) is 15.0. The third kappa shape index (κ3) is 3.37. The molecular weight excluding hydrogens is 381 g/mol. The van der Waals surface area contributed by atoms with E-state index in [2.05, 4.69) is 4.90 Å². The summed E-state index contributed by atoms with van der Waals surface area (Å²) >= 11 is 0. The van der Waals surface area contributed by atoms with Crippen LogP contribution in [-0.4, -0.2) is 17.4 Å². The summed E-state index contributed by atoms with van der Waals surface area (Å²) in [6.07, 6.45) is 1.80. The molecule has 3 aromatic carbocycles. The minimum atomic E-state index is -0.253. The van der Waals surface area contributed by atoms with Crippen molar-refractivity contribution in [1.29, 1.82) is 0 Å². The summed E-state index contributed by atoms with van der Waals surface area (Å²) < 4.78 is 25.1. The van der Waals surface area contributed by atoms with Crippen molar-refractivity contribution in [2.75, 3.05) is 6.73 Å². The maximum absolute atomic E-state index is 13.2. The van der Waals surface area contributed by atoms with E-state index < -0.39 is 0 Å². The quantitative estimate of drug-likeness (QED) is 0.572. The monoisotopic (exact) mass is 401 g/mol. The second-order valence-corrected chi connectivity index (χ2v) is 7.60. The fourth-order valence-electron chi connectivity index (χ4n) is 3.84. The number of Topliss-reactive ketones (excluding diaryl/α,β-unsaturated/α-hetero) is 1. The van der Waals surface area contributed by atoms with Crippen molar-refractivity contribution in [3.8, 4) is 11.5 Å². The normalized spacial score (nSPS) is 16.7. The number of hydrogen-bond donors (Lipinski definition) is 0. The van der Waals surface area contributed by atoms with E-state index in [1.54, 1.807) is 24.3 Å². The van der Waals surface area contributed by atoms with Gasteiger partial charge in [-0.05, 0) is 54.0 Å². The standard InChI is InChI=1S/C25H20FNO3/c1-16-4-2-3-5-18(16)12-23-24(28)20-10-11-22-21(25(20)30-23)14-27(15-29-22)13-17-6-8-19(26)9-7-17/h2-12H,13-15H2,1H3/b23-12-. The first-order chi connectivity index (χ1) is 14.6. The summed E-state index contributed by atoms with van der Waals surface area (Å²) in [7, 11) is 0. The molecule has 0 aliphatic carbocycles. The highest BCUT2D eigenvalue weighted by Crippen LogP contribution is 2.42. The number of ether oxygens (including phenoxy) is 2. The van der Waals surface area contributed by atoms with Crippen LogP contribution in [0.5, 0.6) is 11.5 Å². The number of hydrogen-bond acceptors (Lipinski definition) is 4. The molecule has 30 heavy (non-hydrogen) atoms. The van der Waals surface area contributed by atoms with Crippen LogP contribution in [-0.2, 0) is 13.1 Å². The lowest BCUT2D eigenvalue weighted by atomic mass is 10.0. The van der Waals surface area contributed by atoms with Gasteiger partial charge >= 0.3 is 0 Å². The Bertz CT molecular complexity index is 1170. The van der Waals surface area contributed by atoms with E-state index in [-0.39, 0.29) is 11.6 Å². The second kappa shape index (κ2) is 7.43. The highest BCUT2D eigenvalue weighted by Gasteiger charge is 2.33. The van der Waals surface area contributed by atoms with Crippen LogP contribution in [0.15, 0.2) is 66.4 Å². The van der Waals surface area contributed by atoms with Crippen molar-refractivity contribution >= 4 is 11.9 Å². The van der Waals surface area contributed by atoms with Gasteiger partial charge in [-0.2, -0.15) is 0 Å². The van der Waals surface area contributed by atoms with Crippen molar-refractivity contribution in [1.82, 2.24) is 4.90 Å². The average molecular weight is 401 g/mol. The summed E-state index contributed by atoms with van der Waals surface area (Å²) in [5.41, 5.74) is 4.45. The molecule has 3 aromatic rings. The van der Waals surface area contributed by atoms with Gasteiger partial charge in [0.15, 0.2) is 5.76 Å². The molecule has 150 valence electrons. The van der Waals surface area contributed by atoms with Gasteiger partial charge in [0, 0.05) is 13.1 Å². The topological polar surface area (TPSA) is 38.8 Å². The number of nitrogens with zero attached hydrogens (tertiary/aromatic N) is 1. The number of benzene rings is 3. The minimum absolute atomic E-state index is 0.119. The van der Waals surface area contributed by atoms with Gasteiger partial charge in [0.1, 0.15) is 24.0 Å². The van der Waals surface area contributed by atoms with Crippen LogP contribution >= 0.6 is 0 Å². The molecule has 0 saturated heterocycles. The van der Waals surface area contributed by atoms with E-state index in [0.29, 0.717) is 36.9 Å². The lowest BCUT2D eigenvalue weighted by Crippen LogP contribution is -2.31. The average Bonchev–Trinajstić information content (AvgIpc) is 3.07. The largest absolute Gasteiger partial charge is 0.478 e. The van der Waals surface area contributed by atoms with Crippen molar-refractivity contribution in [3.63, 3.8) is 0 Å². The number of halogens is 1. The maximum atomic E-state index is 13.2. The van der Waals surface area contributed by atoms with Crippen molar-refractivity contribution < 1.29 is 18.7 Å². The Balaban J connectivity index is 1.43. The molecule has 0 saturated carbocycles. The Hall–Kier alpha value is -3.44. The van der Waals surface area contributed by atoms with Gasteiger partial charge < -0.3 is 9.47 Å². The Morgan fingerprint density at radius 1 is 1.07 bits per heavy atom. The van der Waals surface area contributed by atoms with Crippen molar-refractivity contribution in [3.05, 3.63) is 100 Å². The van der Waals surface area contributed by atoms with Gasteiger partial charge in [-0.1, -0.05) is 36.4 Å². The van der Waals surface area contributed by atoms with Crippen LogP contribution < -0.4 is 9.47 Å². The molecule has 0 bridgehead atoms. The van der Waals surface area contributed by atoms with Crippen molar-refractivity contribution in [2.45, 2.75) is 20.0 Å². The lowest BCUT2D eigenvalue weighted by Gasteiger charge is -2.29. The first kappa shape index (κ1) is 18.6. The predicted octanol–water partition coefficient (Wildman–Crippen LogP) is 5.10. The van der Waals surface area contributed by atoms with E-state index in [1.165, 1.54) is 12.1 Å². The molecular formula is C25H20FNO3. The van der Waals surface area contributed by atoms with E-state index in [4.69, 9.17) is 9.47 Å². The van der Waals surface area contributed by atoms with Crippen LogP contribution in [0.1, 0.15) is 32.6 Å². The Morgan fingerprint density at radius 3 is 2.67 bits per heavy atom. The highest BCUT2D eigenvalue weighted by molar-refractivity contribution is 6.15. The molecule has 0 atom stereocenters. The van der Waals surface area contributed by atoms with Crippen LogP contribution in [0.3, 0.4) is 0 Å². The summed E-state index contributed by atoms with van der Waals surface area (Å²) in [5.74, 6) is 1.25. The first-order valence-corrected chi connectivity index (χ1v) is 9.84. The maximum Gasteiger partial charge on any atom is 0.231 e. The van der Waals surface area contributed by atoms with Gasteiger partial charge in [0.05, 0.1) is 11.1 Å². The molecule has 2 heterocycles. The van der Waals surface area contributed by atoms with Gasteiger partial charge in [-0.25, -0.2) is 4.39 Å². The highest BCUT2D eigenvalue weighted by atomic mass is 19.1. The lowest BCUT2D eigenvalue weighted by molar-refractivity contribution is 0.0872. The van der Waals surface area contributed by atoms with Crippen LogP contribution in [0.4, 0.5) is 4.39 Å². The second-order valence-electron chi connectivity index (χ2n) is 7.60. The van der Waals surface area contributed by atoms with E-state index >= 15 is 0 Å². The first-order valence-electron chi connectivity index (χ1n) is 9.84. The Labute approximate surface area is 174 Å². The molecule has 2 aliphatic rings. The third-order valence-electron chi connectivity index (χ3n) is 5.48. The fraction of sp³-hybridized carbons (Fsp3) is 0.160. The van der Waals surface area contributed by atoms with E-state index in [9.17, 15) is 9.18 Å². The van der Waals surface area contributed by atoms with Crippen LogP contribution in [0.2, 0.25) is 0 Å². The smallest absolute Gasteiger partial charge is 0.231 e. The number of ketones is 1. The van der Waals surface area contributed by atoms with Crippen molar-refractivity contribution in [2.24, 2.45) is 0 Å². The zero-order valence-corrected chi connectivity index (χ0v) is 16.5. The summed E-state index contributed by atoms with van der Waals surface area (Å²) in [5, 5.41) is 0. The molecule has 0 aromatic heterocycles. The number of carbonyl (C=O) groups is 1. The number of fused-ring (bicyclic) bond motifs is 3. The number of carbonyl (C=O) groups excluding carboxylic acids is 1.